The van der Waals surface area contributed by atoms with Crippen LogP contribution in [0.5, 0.6) is 0 Å². The molecule has 3 rings (SSSR count). The quantitative estimate of drug-likeness (QED) is 0.924. The van der Waals surface area contributed by atoms with Crippen molar-refractivity contribution in [2.75, 3.05) is 44.7 Å². The first kappa shape index (κ1) is 15.7. The van der Waals surface area contributed by atoms with Crippen molar-refractivity contribution in [3.05, 3.63) is 11.1 Å². The van der Waals surface area contributed by atoms with Gasteiger partial charge in [0.1, 0.15) is 0 Å². The lowest BCUT2D eigenvalue weighted by Gasteiger charge is -2.40. The number of carbonyl (C=O) groups is 1. The molecule has 0 radical (unpaired) electrons. The Bertz CT molecular complexity index is 493. The summed E-state index contributed by atoms with van der Waals surface area (Å²) in [6, 6.07) is 0.605. The molecule has 122 valence electrons. The van der Waals surface area contributed by atoms with E-state index in [0.717, 1.165) is 58.7 Å². The number of carbonyl (C=O) groups excluding carboxylic acids is 1. The molecule has 1 N–H and O–H groups in total. The molecule has 2 saturated heterocycles. The molecule has 0 spiro atoms. The Kier molecular flexibility index (Phi) is 5.28. The largest absolute Gasteiger partial charge is 0.381 e. The molecule has 0 saturated carbocycles. The molecule has 3 heterocycles. The molecule has 22 heavy (non-hydrogen) atoms. The van der Waals surface area contributed by atoms with Crippen molar-refractivity contribution in [3.63, 3.8) is 0 Å². The lowest BCUT2D eigenvalue weighted by molar-refractivity contribution is 0.0194. The summed E-state index contributed by atoms with van der Waals surface area (Å²) in [5, 5.41) is 3.62. The summed E-state index contributed by atoms with van der Waals surface area (Å²) >= 11 is 1.55. The van der Waals surface area contributed by atoms with Gasteiger partial charge >= 0.3 is 6.03 Å². The second kappa shape index (κ2) is 7.39. The Labute approximate surface area is 135 Å². The Morgan fingerprint density at radius 2 is 2.09 bits per heavy atom. The summed E-state index contributed by atoms with van der Waals surface area (Å²) in [5.74, 6) is 0. The minimum Gasteiger partial charge on any atom is -0.381 e. The number of anilines is 1. The van der Waals surface area contributed by atoms with E-state index in [1.165, 1.54) is 4.88 Å². The first-order valence-electron chi connectivity index (χ1n) is 8.08. The molecule has 2 fully saturated rings. The van der Waals surface area contributed by atoms with E-state index in [1.807, 2.05) is 11.1 Å². The Balaban J connectivity index is 1.47. The molecule has 0 aromatic carbocycles. The fourth-order valence-corrected chi connectivity index (χ4v) is 3.78. The lowest BCUT2D eigenvalue weighted by atomic mass is 10.1. The minimum absolute atomic E-state index is 0.0244. The first-order chi connectivity index (χ1) is 10.8. The maximum Gasteiger partial charge on any atom is 0.323 e. The SMILES string of the molecule is CCc1cnc(NC(=O)N2CCN(C3CCOCC3)CC2)s1. The highest BCUT2D eigenvalue weighted by molar-refractivity contribution is 7.15. The Hall–Kier alpha value is -1.18. The van der Waals surface area contributed by atoms with Gasteiger partial charge in [0.05, 0.1) is 0 Å². The standard InChI is InChI=1S/C15H24N4O2S/c1-2-13-11-16-14(22-13)17-15(20)19-7-5-18(6-8-19)12-3-9-21-10-4-12/h11-12H,2-10H2,1H3,(H,16,17,20). The number of hydrogen-bond acceptors (Lipinski definition) is 5. The van der Waals surface area contributed by atoms with Crippen molar-refractivity contribution >= 4 is 22.5 Å². The van der Waals surface area contributed by atoms with E-state index < -0.39 is 0 Å². The van der Waals surface area contributed by atoms with Gasteiger partial charge in [-0.05, 0) is 19.3 Å². The van der Waals surface area contributed by atoms with Crippen LogP contribution in [0.4, 0.5) is 9.93 Å². The fraction of sp³-hybridized carbons (Fsp3) is 0.733. The van der Waals surface area contributed by atoms with Crippen LogP contribution in [0.3, 0.4) is 0 Å². The van der Waals surface area contributed by atoms with Crippen LogP contribution in [0.15, 0.2) is 6.20 Å². The molecule has 0 bridgehead atoms. The van der Waals surface area contributed by atoms with Crippen LogP contribution in [-0.4, -0.2) is 66.2 Å². The molecule has 1 aromatic rings. The molecule has 2 aliphatic rings. The Morgan fingerprint density at radius 1 is 1.36 bits per heavy atom. The topological polar surface area (TPSA) is 57.7 Å². The fourth-order valence-electron chi connectivity index (χ4n) is 3.04. The third kappa shape index (κ3) is 3.77. The zero-order valence-corrected chi connectivity index (χ0v) is 13.9. The van der Waals surface area contributed by atoms with Crippen molar-refractivity contribution in [1.82, 2.24) is 14.8 Å². The summed E-state index contributed by atoms with van der Waals surface area (Å²) in [7, 11) is 0. The minimum atomic E-state index is -0.0244. The van der Waals surface area contributed by atoms with Crippen molar-refractivity contribution in [2.24, 2.45) is 0 Å². The van der Waals surface area contributed by atoms with E-state index in [-0.39, 0.29) is 6.03 Å². The molecule has 1 aromatic heterocycles. The molecule has 7 heteroatoms. The van der Waals surface area contributed by atoms with Crippen molar-refractivity contribution in [2.45, 2.75) is 32.2 Å². The van der Waals surface area contributed by atoms with Crippen LogP contribution < -0.4 is 5.32 Å². The number of amides is 2. The number of urea groups is 1. The average molecular weight is 324 g/mol. The zero-order valence-electron chi connectivity index (χ0n) is 13.1. The van der Waals surface area contributed by atoms with Gasteiger partial charge in [-0.1, -0.05) is 6.92 Å². The van der Waals surface area contributed by atoms with Gasteiger partial charge in [-0.3, -0.25) is 10.2 Å². The normalized spacial score (nSPS) is 21.0. The summed E-state index contributed by atoms with van der Waals surface area (Å²) in [6.45, 7) is 7.32. The van der Waals surface area contributed by atoms with Crippen molar-refractivity contribution in [1.29, 1.82) is 0 Å². The van der Waals surface area contributed by atoms with E-state index >= 15 is 0 Å². The smallest absolute Gasteiger partial charge is 0.323 e. The van der Waals surface area contributed by atoms with E-state index in [0.29, 0.717) is 11.2 Å². The average Bonchev–Trinajstić information content (AvgIpc) is 3.03. The summed E-state index contributed by atoms with van der Waals surface area (Å²) < 4.78 is 5.42. The first-order valence-corrected chi connectivity index (χ1v) is 8.90. The molecule has 0 aliphatic carbocycles. The lowest BCUT2D eigenvalue weighted by Crippen LogP contribution is -2.53. The molecule has 0 atom stereocenters. The van der Waals surface area contributed by atoms with Gasteiger partial charge < -0.3 is 9.64 Å². The van der Waals surface area contributed by atoms with Crippen LogP contribution in [0.25, 0.3) is 0 Å². The van der Waals surface area contributed by atoms with E-state index in [4.69, 9.17) is 4.74 Å². The maximum atomic E-state index is 12.3. The van der Waals surface area contributed by atoms with Crippen LogP contribution in [-0.2, 0) is 11.2 Å². The van der Waals surface area contributed by atoms with E-state index in [9.17, 15) is 4.79 Å². The summed E-state index contributed by atoms with van der Waals surface area (Å²) in [4.78, 5) is 22.1. The second-order valence-corrected chi connectivity index (χ2v) is 6.90. The summed E-state index contributed by atoms with van der Waals surface area (Å²) in [5.41, 5.74) is 0. The van der Waals surface area contributed by atoms with Gasteiger partial charge in [0.2, 0.25) is 0 Å². The van der Waals surface area contributed by atoms with E-state index in [1.54, 1.807) is 11.3 Å². The molecule has 0 unspecified atom stereocenters. The number of aryl methyl sites for hydroxylation is 1. The number of nitrogens with one attached hydrogen (secondary N) is 1. The highest BCUT2D eigenvalue weighted by atomic mass is 32.1. The monoisotopic (exact) mass is 324 g/mol. The molecule has 6 nitrogen and oxygen atoms in total. The predicted molar refractivity (Wildman–Crippen MR) is 87.5 cm³/mol. The second-order valence-electron chi connectivity index (χ2n) is 5.78. The third-order valence-corrected chi connectivity index (χ3v) is 5.48. The number of aromatic nitrogens is 1. The summed E-state index contributed by atoms with van der Waals surface area (Å²) in [6.07, 6.45) is 5.02. The maximum absolute atomic E-state index is 12.3. The number of ether oxygens (including phenoxy) is 1. The molecule has 2 aliphatic heterocycles. The van der Waals surface area contributed by atoms with E-state index in [2.05, 4.69) is 22.1 Å². The molecular weight excluding hydrogens is 300 g/mol. The number of hydrogen-bond donors (Lipinski definition) is 1. The van der Waals surface area contributed by atoms with Gasteiger partial charge in [-0.25, -0.2) is 9.78 Å². The highest BCUT2D eigenvalue weighted by Crippen LogP contribution is 2.20. The Morgan fingerprint density at radius 3 is 2.73 bits per heavy atom. The molecule has 2 amide bonds. The van der Waals surface area contributed by atoms with Crippen molar-refractivity contribution < 1.29 is 9.53 Å². The van der Waals surface area contributed by atoms with Crippen molar-refractivity contribution in [3.8, 4) is 0 Å². The van der Waals surface area contributed by atoms with Gasteiger partial charge in [0.25, 0.3) is 0 Å². The number of nitrogens with zero attached hydrogens (tertiary/aromatic N) is 3. The van der Waals surface area contributed by atoms with Crippen LogP contribution >= 0.6 is 11.3 Å². The van der Waals surface area contributed by atoms with Crippen LogP contribution in [0.2, 0.25) is 0 Å². The third-order valence-electron chi connectivity index (χ3n) is 4.42. The van der Waals surface area contributed by atoms with Crippen LogP contribution in [0, 0.1) is 0 Å². The number of thiazole rings is 1. The number of piperazine rings is 1. The highest BCUT2D eigenvalue weighted by Gasteiger charge is 2.27. The van der Waals surface area contributed by atoms with Gasteiger partial charge in [0, 0.05) is 56.5 Å². The van der Waals surface area contributed by atoms with Gasteiger partial charge in [-0.2, -0.15) is 0 Å². The van der Waals surface area contributed by atoms with Gasteiger partial charge in [-0.15, -0.1) is 11.3 Å². The van der Waals surface area contributed by atoms with Gasteiger partial charge in [0.15, 0.2) is 5.13 Å². The zero-order chi connectivity index (χ0) is 15.4. The van der Waals surface area contributed by atoms with Crippen LogP contribution in [0.1, 0.15) is 24.6 Å². The number of rotatable bonds is 3. The predicted octanol–water partition coefficient (Wildman–Crippen LogP) is 2.03. The molecular formula is C15H24N4O2S.